The quantitative estimate of drug-likeness (QED) is 0.559. The van der Waals surface area contributed by atoms with Crippen LogP contribution in [0.3, 0.4) is 0 Å². The van der Waals surface area contributed by atoms with Gasteiger partial charge in [-0.25, -0.2) is 0 Å². The van der Waals surface area contributed by atoms with Crippen molar-refractivity contribution in [2.45, 2.75) is 47.0 Å². The van der Waals surface area contributed by atoms with Gasteiger partial charge in [-0.15, -0.1) is 0 Å². The number of hydrogen-bond donors (Lipinski definition) is 0. The molecule has 15 heavy (non-hydrogen) atoms. The molecule has 5 atom stereocenters. The van der Waals surface area contributed by atoms with E-state index in [4.69, 9.17) is 0 Å². The average Bonchev–Trinajstić information content (AvgIpc) is 2.17. The van der Waals surface area contributed by atoms with Crippen LogP contribution in [0, 0.1) is 35.0 Å². The molecular weight excluding hydrogens is 180 g/mol. The summed E-state index contributed by atoms with van der Waals surface area (Å²) in [6, 6.07) is 0. The molecule has 0 saturated heterocycles. The van der Waals surface area contributed by atoms with Crippen molar-refractivity contribution >= 4 is 0 Å². The fourth-order valence-corrected chi connectivity index (χ4v) is 5.25. The molecule has 0 radical (unpaired) electrons. The van der Waals surface area contributed by atoms with Crippen molar-refractivity contribution in [1.29, 1.82) is 0 Å². The van der Waals surface area contributed by atoms with Crippen molar-refractivity contribution in [1.82, 2.24) is 0 Å². The first-order valence-electron chi connectivity index (χ1n) is 6.72. The van der Waals surface area contributed by atoms with Crippen molar-refractivity contribution in [3.8, 4) is 0 Å². The predicted molar refractivity (Wildman–Crippen MR) is 64.5 cm³/mol. The Bertz CT molecular complexity index is 312. The Labute approximate surface area is 94.1 Å². The first kappa shape index (κ1) is 9.93. The van der Waals surface area contributed by atoms with E-state index in [0.29, 0.717) is 5.41 Å². The number of hydrogen-bond acceptors (Lipinski definition) is 0. The van der Waals surface area contributed by atoms with Crippen LogP contribution in [0.2, 0.25) is 0 Å². The zero-order valence-corrected chi connectivity index (χ0v) is 10.6. The maximum atomic E-state index is 2.56. The Morgan fingerprint density at radius 2 is 2.13 bits per heavy atom. The molecule has 2 saturated carbocycles. The van der Waals surface area contributed by atoms with Crippen LogP contribution in [-0.2, 0) is 0 Å². The van der Waals surface area contributed by atoms with Gasteiger partial charge in [0.1, 0.15) is 0 Å². The molecule has 0 heterocycles. The summed E-state index contributed by atoms with van der Waals surface area (Å²) >= 11 is 0. The molecule has 0 aromatic rings. The number of rotatable bonds is 1. The van der Waals surface area contributed by atoms with Crippen LogP contribution in [-0.4, -0.2) is 0 Å². The molecule has 4 rings (SSSR count). The third kappa shape index (κ3) is 1.04. The molecule has 0 spiro atoms. The van der Waals surface area contributed by atoms with E-state index in [1.54, 1.807) is 5.57 Å². The Morgan fingerprint density at radius 1 is 1.40 bits per heavy atom. The first-order valence-corrected chi connectivity index (χ1v) is 6.72. The predicted octanol–water partition coefficient (Wildman–Crippen LogP) is 4.27. The summed E-state index contributed by atoms with van der Waals surface area (Å²) < 4.78 is 0. The van der Waals surface area contributed by atoms with Crippen molar-refractivity contribution in [3.63, 3.8) is 0 Å². The molecule has 0 nitrogen and oxygen atoms in total. The van der Waals surface area contributed by atoms with Crippen LogP contribution >= 0.6 is 0 Å². The first-order chi connectivity index (χ1) is 7.05. The SMILES string of the molecule is CC1=CC[C@H]2C3C(C(C)C)CCC2(C)[C@H]13. The van der Waals surface area contributed by atoms with E-state index < -0.39 is 0 Å². The molecule has 0 heteroatoms. The van der Waals surface area contributed by atoms with Gasteiger partial charge in [-0.05, 0) is 61.2 Å². The van der Waals surface area contributed by atoms with E-state index in [1.165, 1.54) is 19.3 Å². The molecule has 0 amide bonds. The van der Waals surface area contributed by atoms with Crippen LogP contribution in [0.1, 0.15) is 47.0 Å². The average molecular weight is 204 g/mol. The lowest BCUT2D eigenvalue weighted by Crippen LogP contribution is -2.63. The van der Waals surface area contributed by atoms with Gasteiger partial charge in [0.15, 0.2) is 0 Å². The summed E-state index contributed by atoms with van der Waals surface area (Å²) in [5.74, 6) is 4.96. The van der Waals surface area contributed by atoms with E-state index in [1.807, 2.05) is 0 Å². The normalized spacial score (nSPS) is 52.5. The molecule has 3 unspecified atom stereocenters. The lowest BCUT2D eigenvalue weighted by molar-refractivity contribution is -0.181. The molecule has 0 N–H and O–H groups in total. The van der Waals surface area contributed by atoms with Gasteiger partial charge < -0.3 is 0 Å². The van der Waals surface area contributed by atoms with E-state index in [-0.39, 0.29) is 0 Å². The fraction of sp³-hybridized carbons (Fsp3) is 0.867. The van der Waals surface area contributed by atoms with E-state index >= 15 is 0 Å². The Hall–Kier alpha value is -0.260. The summed E-state index contributed by atoms with van der Waals surface area (Å²) in [5.41, 5.74) is 2.42. The van der Waals surface area contributed by atoms with Gasteiger partial charge >= 0.3 is 0 Å². The van der Waals surface area contributed by atoms with Gasteiger partial charge in [-0.1, -0.05) is 32.4 Å². The van der Waals surface area contributed by atoms with Gasteiger partial charge in [-0.2, -0.15) is 0 Å². The highest BCUT2D eigenvalue weighted by molar-refractivity contribution is 5.28. The zero-order chi connectivity index (χ0) is 10.8. The smallest absolute Gasteiger partial charge is 0.0115 e. The lowest BCUT2D eigenvalue weighted by atomic mass is 9.34. The van der Waals surface area contributed by atoms with Crippen LogP contribution in [0.25, 0.3) is 0 Å². The molecule has 0 aromatic carbocycles. The maximum Gasteiger partial charge on any atom is -0.0115 e. The lowest BCUT2D eigenvalue weighted by Gasteiger charge is -2.70. The van der Waals surface area contributed by atoms with Crippen LogP contribution < -0.4 is 0 Å². The van der Waals surface area contributed by atoms with Crippen molar-refractivity contribution in [3.05, 3.63) is 11.6 Å². The molecular formula is C15H24. The summed E-state index contributed by atoms with van der Waals surface area (Å²) in [4.78, 5) is 0. The molecule has 4 aliphatic carbocycles. The highest BCUT2D eigenvalue weighted by Crippen LogP contribution is 2.71. The summed E-state index contributed by atoms with van der Waals surface area (Å²) in [6.07, 6.45) is 6.90. The highest BCUT2D eigenvalue weighted by Gasteiger charge is 2.64. The maximum absolute atomic E-state index is 2.56. The Balaban J connectivity index is 1.95. The Morgan fingerprint density at radius 3 is 2.73 bits per heavy atom. The van der Waals surface area contributed by atoms with E-state index in [0.717, 1.165) is 29.6 Å². The number of allylic oxidation sites excluding steroid dienone is 2. The third-order valence-electron chi connectivity index (χ3n) is 5.96. The van der Waals surface area contributed by atoms with Gasteiger partial charge in [0, 0.05) is 0 Å². The van der Waals surface area contributed by atoms with E-state index in [2.05, 4.69) is 33.8 Å². The Kier molecular flexibility index (Phi) is 1.92. The van der Waals surface area contributed by atoms with Crippen molar-refractivity contribution in [2.75, 3.05) is 0 Å². The second-order valence-electron chi connectivity index (χ2n) is 6.80. The largest absolute Gasteiger partial charge is 0.0850 e. The molecule has 4 aliphatic rings. The second kappa shape index (κ2) is 2.90. The second-order valence-corrected chi connectivity index (χ2v) is 6.80. The minimum atomic E-state index is 0.703. The standard InChI is InChI=1S/C15H24/c1-9(2)11-7-8-15(4)12-6-5-10(3)14(15)13(11)12/h5,9,11-14H,6-8H2,1-4H3/t11?,12-,13?,14+,15?/m0/s1. The van der Waals surface area contributed by atoms with Crippen LogP contribution in [0.15, 0.2) is 11.6 Å². The minimum Gasteiger partial charge on any atom is -0.0850 e. The van der Waals surface area contributed by atoms with E-state index in [9.17, 15) is 0 Å². The van der Waals surface area contributed by atoms with Crippen molar-refractivity contribution < 1.29 is 0 Å². The fourth-order valence-electron chi connectivity index (χ4n) is 5.25. The summed E-state index contributed by atoms with van der Waals surface area (Å²) in [6.45, 7) is 9.81. The minimum absolute atomic E-state index is 0.703. The van der Waals surface area contributed by atoms with Gasteiger partial charge in [-0.3, -0.25) is 0 Å². The summed E-state index contributed by atoms with van der Waals surface area (Å²) in [5, 5.41) is 0. The molecule has 0 aliphatic heterocycles. The van der Waals surface area contributed by atoms with Crippen LogP contribution in [0.4, 0.5) is 0 Å². The summed E-state index contributed by atoms with van der Waals surface area (Å²) in [7, 11) is 0. The number of fused-ring (bicyclic) bond motifs is 1. The topological polar surface area (TPSA) is 0 Å². The van der Waals surface area contributed by atoms with Gasteiger partial charge in [0.2, 0.25) is 0 Å². The third-order valence-corrected chi connectivity index (χ3v) is 5.96. The van der Waals surface area contributed by atoms with Gasteiger partial charge in [0.05, 0.1) is 0 Å². The molecule has 2 fully saturated rings. The highest BCUT2D eigenvalue weighted by atomic mass is 14.7. The monoisotopic (exact) mass is 204 g/mol. The molecule has 84 valence electrons. The molecule has 0 aromatic heterocycles. The zero-order valence-electron chi connectivity index (χ0n) is 10.6. The van der Waals surface area contributed by atoms with Crippen molar-refractivity contribution in [2.24, 2.45) is 35.0 Å². The molecule has 4 bridgehead atoms. The van der Waals surface area contributed by atoms with Crippen LogP contribution in [0.5, 0.6) is 0 Å². The van der Waals surface area contributed by atoms with Gasteiger partial charge in [0.25, 0.3) is 0 Å².